The normalized spacial score (nSPS) is 16.7. The molecule has 1 aliphatic heterocycles. The molecule has 0 aliphatic carbocycles. The Kier molecular flexibility index (Phi) is 6.34. The van der Waals surface area contributed by atoms with Crippen molar-refractivity contribution in [1.29, 1.82) is 0 Å². The van der Waals surface area contributed by atoms with E-state index in [2.05, 4.69) is 24.1 Å². The molecule has 2 aromatic rings. The maximum atomic E-state index is 12.6. The van der Waals surface area contributed by atoms with Crippen LogP contribution in [0.2, 0.25) is 0 Å². The van der Waals surface area contributed by atoms with Crippen LogP contribution in [0.25, 0.3) is 11.0 Å². The van der Waals surface area contributed by atoms with Crippen molar-refractivity contribution in [2.24, 2.45) is 13.0 Å². The van der Waals surface area contributed by atoms with Crippen molar-refractivity contribution in [1.82, 2.24) is 19.4 Å². The molecule has 0 bridgehead atoms. The largest absolute Gasteiger partial charge is 0.379 e. The number of carbonyl (C=O) groups is 1. The van der Waals surface area contributed by atoms with Crippen molar-refractivity contribution in [3.63, 3.8) is 0 Å². The molecule has 1 fully saturated rings. The molecule has 1 saturated heterocycles. The lowest BCUT2D eigenvalue weighted by molar-refractivity contribution is -0.122. The van der Waals surface area contributed by atoms with Gasteiger partial charge in [-0.1, -0.05) is 26.0 Å². The molecule has 7 heteroatoms. The van der Waals surface area contributed by atoms with Crippen LogP contribution in [0.4, 0.5) is 0 Å². The highest BCUT2D eigenvalue weighted by Gasteiger charge is 2.23. The van der Waals surface area contributed by atoms with Crippen molar-refractivity contribution in [3.8, 4) is 0 Å². The lowest BCUT2D eigenvalue weighted by Crippen LogP contribution is -2.49. The van der Waals surface area contributed by atoms with Gasteiger partial charge in [-0.2, -0.15) is 0 Å². The second kappa shape index (κ2) is 8.71. The standard InChI is InChI=1S/C20H30N4O3/c1-15(2)12-16(23-8-10-27-11-9-23)13-21-19(25)14-24-18-7-5-4-6-17(18)22(3)20(24)26/h4-7,15-16H,8-14H2,1-3H3,(H,21,25). The highest BCUT2D eigenvalue weighted by Crippen LogP contribution is 2.14. The number of carbonyl (C=O) groups excluding carboxylic acids is 1. The van der Waals surface area contributed by atoms with Gasteiger partial charge in [-0.3, -0.25) is 18.8 Å². The molecular weight excluding hydrogens is 344 g/mol. The fraction of sp³-hybridized carbons (Fsp3) is 0.600. The van der Waals surface area contributed by atoms with E-state index < -0.39 is 0 Å². The maximum absolute atomic E-state index is 12.6. The van der Waals surface area contributed by atoms with Crippen molar-refractivity contribution in [2.45, 2.75) is 32.9 Å². The van der Waals surface area contributed by atoms with E-state index >= 15 is 0 Å². The number of para-hydroxylation sites is 2. The summed E-state index contributed by atoms with van der Waals surface area (Å²) >= 11 is 0. The zero-order chi connectivity index (χ0) is 19.4. The van der Waals surface area contributed by atoms with Gasteiger partial charge in [0, 0.05) is 32.7 Å². The predicted molar refractivity (Wildman–Crippen MR) is 106 cm³/mol. The Morgan fingerprint density at radius 3 is 2.52 bits per heavy atom. The Bertz CT molecular complexity index is 833. The van der Waals surface area contributed by atoms with E-state index in [0.717, 1.165) is 43.8 Å². The van der Waals surface area contributed by atoms with Crippen LogP contribution in [-0.4, -0.2) is 58.8 Å². The summed E-state index contributed by atoms with van der Waals surface area (Å²) in [6.07, 6.45) is 1.02. The molecule has 148 valence electrons. The minimum absolute atomic E-state index is 0.0394. The van der Waals surface area contributed by atoms with Gasteiger partial charge in [-0.15, -0.1) is 0 Å². The fourth-order valence-corrected chi connectivity index (χ4v) is 3.80. The van der Waals surface area contributed by atoms with E-state index in [1.54, 1.807) is 11.6 Å². The first-order valence-corrected chi connectivity index (χ1v) is 9.70. The molecule has 7 nitrogen and oxygen atoms in total. The third-order valence-electron chi connectivity index (χ3n) is 5.19. The summed E-state index contributed by atoms with van der Waals surface area (Å²) in [5.74, 6) is 0.422. The van der Waals surface area contributed by atoms with Gasteiger partial charge in [-0.05, 0) is 24.5 Å². The van der Waals surface area contributed by atoms with Gasteiger partial charge in [0.1, 0.15) is 6.54 Å². The molecule has 1 unspecified atom stereocenters. The van der Waals surface area contributed by atoms with Crippen molar-refractivity contribution in [2.75, 3.05) is 32.8 Å². The van der Waals surface area contributed by atoms with E-state index in [4.69, 9.17) is 4.74 Å². The number of aryl methyl sites for hydroxylation is 1. The molecule has 1 atom stereocenters. The topological polar surface area (TPSA) is 68.5 Å². The number of hydrogen-bond donors (Lipinski definition) is 1. The summed E-state index contributed by atoms with van der Waals surface area (Å²) < 4.78 is 8.57. The summed E-state index contributed by atoms with van der Waals surface area (Å²) in [6.45, 7) is 8.32. The van der Waals surface area contributed by atoms with Gasteiger partial charge in [0.05, 0.1) is 24.2 Å². The monoisotopic (exact) mass is 374 g/mol. The van der Waals surface area contributed by atoms with Gasteiger partial charge >= 0.3 is 5.69 Å². The maximum Gasteiger partial charge on any atom is 0.329 e. The molecule has 1 amide bonds. The molecule has 1 N–H and O–H groups in total. The number of imidazole rings is 1. The van der Waals surface area contributed by atoms with Gasteiger partial charge in [0.25, 0.3) is 0 Å². The molecule has 1 aromatic carbocycles. The molecule has 1 aliphatic rings. The van der Waals surface area contributed by atoms with Crippen molar-refractivity contribution < 1.29 is 9.53 Å². The molecule has 3 rings (SSSR count). The fourth-order valence-electron chi connectivity index (χ4n) is 3.80. The predicted octanol–water partition coefficient (Wildman–Crippen LogP) is 1.20. The summed E-state index contributed by atoms with van der Waals surface area (Å²) in [5.41, 5.74) is 1.45. The SMILES string of the molecule is CC(C)CC(CNC(=O)Cn1c(=O)n(C)c2ccccc21)N1CCOCC1. The third kappa shape index (κ3) is 4.59. The minimum Gasteiger partial charge on any atom is -0.379 e. The number of amides is 1. The van der Waals surface area contributed by atoms with E-state index in [-0.39, 0.29) is 18.1 Å². The smallest absolute Gasteiger partial charge is 0.329 e. The van der Waals surface area contributed by atoms with E-state index in [0.29, 0.717) is 18.5 Å². The highest BCUT2D eigenvalue weighted by molar-refractivity contribution is 5.80. The first-order valence-electron chi connectivity index (χ1n) is 9.70. The van der Waals surface area contributed by atoms with Gasteiger partial charge in [0.15, 0.2) is 0 Å². The quantitative estimate of drug-likeness (QED) is 0.791. The molecule has 0 spiro atoms. The Morgan fingerprint density at radius 1 is 1.19 bits per heavy atom. The number of nitrogens with one attached hydrogen (secondary N) is 1. The number of aromatic nitrogens is 2. The minimum atomic E-state index is -0.168. The first-order chi connectivity index (χ1) is 13.0. The first kappa shape index (κ1) is 19.6. The number of hydrogen-bond acceptors (Lipinski definition) is 4. The average molecular weight is 374 g/mol. The van der Waals surface area contributed by atoms with Crippen molar-refractivity contribution in [3.05, 3.63) is 34.7 Å². The molecule has 2 heterocycles. The Balaban J connectivity index is 1.66. The van der Waals surface area contributed by atoms with Crippen LogP contribution in [0.5, 0.6) is 0 Å². The van der Waals surface area contributed by atoms with Crippen LogP contribution in [0.3, 0.4) is 0 Å². The van der Waals surface area contributed by atoms with Gasteiger partial charge in [0.2, 0.25) is 5.91 Å². The highest BCUT2D eigenvalue weighted by atomic mass is 16.5. The van der Waals surface area contributed by atoms with Crippen LogP contribution < -0.4 is 11.0 Å². The molecule has 1 aromatic heterocycles. The lowest BCUT2D eigenvalue weighted by atomic mass is 10.0. The van der Waals surface area contributed by atoms with Crippen LogP contribution in [0.1, 0.15) is 20.3 Å². The summed E-state index contributed by atoms with van der Waals surface area (Å²) in [5, 5.41) is 3.04. The second-order valence-electron chi connectivity index (χ2n) is 7.65. The van der Waals surface area contributed by atoms with Crippen LogP contribution in [0.15, 0.2) is 29.1 Å². The van der Waals surface area contributed by atoms with Gasteiger partial charge in [-0.25, -0.2) is 4.79 Å². The number of benzene rings is 1. The van der Waals surface area contributed by atoms with E-state index in [9.17, 15) is 9.59 Å². The lowest BCUT2D eigenvalue weighted by Gasteiger charge is -2.35. The zero-order valence-electron chi connectivity index (χ0n) is 16.5. The molecular formula is C20H30N4O3. The van der Waals surface area contributed by atoms with E-state index in [1.807, 2.05) is 24.3 Å². The number of rotatable bonds is 7. The number of fused-ring (bicyclic) bond motifs is 1. The molecule has 27 heavy (non-hydrogen) atoms. The number of nitrogens with zero attached hydrogens (tertiary/aromatic N) is 3. The summed E-state index contributed by atoms with van der Waals surface area (Å²) in [4.78, 5) is 27.4. The van der Waals surface area contributed by atoms with Crippen molar-refractivity contribution >= 4 is 16.9 Å². The third-order valence-corrected chi connectivity index (χ3v) is 5.19. The summed E-state index contributed by atoms with van der Waals surface area (Å²) in [6, 6.07) is 7.84. The van der Waals surface area contributed by atoms with Crippen LogP contribution in [-0.2, 0) is 23.1 Å². The second-order valence-corrected chi connectivity index (χ2v) is 7.65. The Morgan fingerprint density at radius 2 is 1.85 bits per heavy atom. The molecule has 0 radical (unpaired) electrons. The van der Waals surface area contributed by atoms with Crippen LogP contribution >= 0.6 is 0 Å². The number of morpholine rings is 1. The van der Waals surface area contributed by atoms with Crippen LogP contribution in [0, 0.1) is 5.92 Å². The number of ether oxygens (including phenoxy) is 1. The Labute approximate surface area is 159 Å². The summed E-state index contributed by atoms with van der Waals surface area (Å²) in [7, 11) is 1.73. The van der Waals surface area contributed by atoms with Gasteiger partial charge < -0.3 is 10.1 Å². The van der Waals surface area contributed by atoms with E-state index in [1.165, 1.54) is 4.57 Å². The molecule has 0 saturated carbocycles. The average Bonchev–Trinajstić information content (AvgIpc) is 2.91. The zero-order valence-corrected chi connectivity index (χ0v) is 16.5. The Hall–Kier alpha value is -2.12.